The first-order valence-corrected chi connectivity index (χ1v) is 8.86. The summed E-state index contributed by atoms with van der Waals surface area (Å²) in [7, 11) is 1.77. The average Bonchev–Trinajstić information content (AvgIpc) is 3.12. The first kappa shape index (κ1) is 18.1. The third-order valence-electron chi connectivity index (χ3n) is 5.11. The van der Waals surface area contributed by atoms with E-state index in [1.807, 2.05) is 37.3 Å². The summed E-state index contributed by atoms with van der Waals surface area (Å²) in [5, 5.41) is 0. The van der Waals surface area contributed by atoms with Crippen LogP contribution in [-0.2, 0) is 4.79 Å². The van der Waals surface area contributed by atoms with E-state index in [9.17, 15) is 14.0 Å². The number of amides is 2. The number of hydrogen-bond acceptors (Lipinski definition) is 2. The van der Waals surface area contributed by atoms with Crippen LogP contribution in [0.4, 0.5) is 4.39 Å². The second kappa shape index (κ2) is 7.68. The highest BCUT2D eigenvalue weighted by molar-refractivity contribution is 5.95. The molecular weight excluding hydrogens is 331 g/mol. The highest BCUT2D eigenvalue weighted by atomic mass is 19.1. The molecule has 5 heteroatoms. The van der Waals surface area contributed by atoms with Gasteiger partial charge in [0.25, 0.3) is 5.91 Å². The van der Waals surface area contributed by atoms with Gasteiger partial charge in [0.15, 0.2) is 0 Å². The van der Waals surface area contributed by atoms with Crippen LogP contribution in [0.15, 0.2) is 54.6 Å². The van der Waals surface area contributed by atoms with E-state index in [1.54, 1.807) is 29.0 Å². The van der Waals surface area contributed by atoms with Gasteiger partial charge in [0.05, 0.1) is 11.5 Å². The molecule has 4 nitrogen and oxygen atoms in total. The zero-order valence-electron chi connectivity index (χ0n) is 15.1. The van der Waals surface area contributed by atoms with E-state index >= 15 is 0 Å². The maximum atomic E-state index is 14.0. The third-order valence-corrected chi connectivity index (χ3v) is 5.11. The summed E-state index contributed by atoms with van der Waals surface area (Å²) in [6.07, 6.45) is 0. The van der Waals surface area contributed by atoms with Crippen molar-refractivity contribution in [3.8, 4) is 0 Å². The van der Waals surface area contributed by atoms with Gasteiger partial charge in [-0.2, -0.15) is 0 Å². The molecule has 1 aliphatic rings. The molecule has 0 spiro atoms. The molecule has 0 saturated carbocycles. The molecule has 0 N–H and O–H groups in total. The Balaban J connectivity index is 1.90. The van der Waals surface area contributed by atoms with Crippen molar-refractivity contribution in [3.63, 3.8) is 0 Å². The lowest BCUT2D eigenvalue weighted by Gasteiger charge is -2.23. The van der Waals surface area contributed by atoms with Crippen molar-refractivity contribution in [2.45, 2.75) is 12.8 Å². The molecule has 2 aromatic rings. The Hall–Kier alpha value is -2.69. The van der Waals surface area contributed by atoms with Crippen LogP contribution in [0.5, 0.6) is 0 Å². The smallest absolute Gasteiger partial charge is 0.256 e. The van der Waals surface area contributed by atoms with Gasteiger partial charge in [0, 0.05) is 32.6 Å². The van der Waals surface area contributed by atoms with Crippen LogP contribution in [0.2, 0.25) is 0 Å². The second-order valence-electron chi connectivity index (χ2n) is 6.67. The van der Waals surface area contributed by atoms with Crippen molar-refractivity contribution in [1.29, 1.82) is 0 Å². The van der Waals surface area contributed by atoms with Crippen molar-refractivity contribution < 1.29 is 14.0 Å². The van der Waals surface area contributed by atoms with Gasteiger partial charge in [-0.05, 0) is 24.6 Å². The fraction of sp³-hybridized carbons (Fsp3) is 0.333. The minimum absolute atomic E-state index is 0.0187. The van der Waals surface area contributed by atoms with Crippen LogP contribution in [0.1, 0.15) is 28.8 Å². The Bertz CT molecular complexity index is 794. The molecule has 0 aromatic heterocycles. The highest BCUT2D eigenvalue weighted by Gasteiger charge is 2.41. The van der Waals surface area contributed by atoms with E-state index < -0.39 is 5.82 Å². The van der Waals surface area contributed by atoms with Crippen LogP contribution >= 0.6 is 0 Å². The average molecular weight is 354 g/mol. The van der Waals surface area contributed by atoms with E-state index in [4.69, 9.17) is 0 Å². The van der Waals surface area contributed by atoms with Gasteiger partial charge in [-0.15, -0.1) is 0 Å². The summed E-state index contributed by atoms with van der Waals surface area (Å²) in [4.78, 5) is 28.9. The zero-order chi connectivity index (χ0) is 18.7. The maximum Gasteiger partial charge on any atom is 0.256 e. The Morgan fingerprint density at radius 3 is 2.38 bits per heavy atom. The summed E-state index contributed by atoms with van der Waals surface area (Å²) in [6, 6.07) is 15.7. The summed E-state index contributed by atoms with van der Waals surface area (Å²) >= 11 is 0. The number of carbonyl (C=O) groups excluding carboxylic acids is 2. The molecule has 136 valence electrons. The lowest BCUT2D eigenvalue weighted by atomic mass is 9.88. The highest BCUT2D eigenvalue weighted by Crippen LogP contribution is 2.34. The minimum atomic E-state index is -0.533. The van der Waals surface area contributed by atoms with Crippen LogP contribution in [-0.4, -0.2) is 48.3 Å². The molecule has 0 radical (unpaired) electrons. The molecule has 26 heavy (non-hydrogen) atoms. The normalized spacial score (nSPS) is 19.4. The number of benzene rings is 2. The number of nitrogens with zero attached hydrogens (tertiary/aromatic N) is 2. The van der Waals surface area contributed by atoms with Crippen molar-refractivity contribution in [1.82, 2.24) is 9.80 Å². The summed E-state index contributed by atoms with van der Waals surface area (Å²) in [5.74, 6) is -1.29. The molecule has 0 aliphatic carbocycles. The summed E-state index contributed by atoms with van der Waals surface area (Å²) < 4.78 is 14.0. The van der Waals surface area contributed by atoms with Crippen molar-refractivity contribution in [2.24, 2.45) is 5.92 Å². The summed E-state index contributed by atoms with van der Waals surface area (Å²) in [6.45, 7) is 3.24. The van der Waals surface area contributed by atoms with Crippen LogP contribution in [0.3, 0.4) is 0 Å². The van der Waals surface area contributed by atoms with Crippen LogP contribution < -0.4 is 0 Å². The molecule has 2 amide bonds. The Kier molecular flexibility index (Phi) is 5.35. The zero-order valence-corrected chi connectivity index (χ0v) is 15.1. The monoisotopic (exact) mass is 354 g/mol. The lowest BCUT2D eigenvalue weighted by molar-refractivity contribution is -0.133. The third kappa shape index (κ3) is 3.47. The van der Waals surface area contributed by atoms with Gasteiger partial charge in [0.1, 0.15) is 5.82 Å². The van der Waals surface area contributed by atoms with Crippen molar-refractivity contribution >= 4 is 11.8 Å². The van der Waals surface area contributed by atoms with Gasteiger partial charge < -0.3 is 9.80 Å². The van der Waals surface area contributed by atoms with E-state index in [1.165, 1.54) is 12.1 Å². The van der Waals surface area contributed by atoms with Gasteiger partial charge in [-0.1, -0.05) is 42.5 Å². The van der Waals surface area contributed by atoms with Crippen molar-refractivity contribution in [2.75, 3.05) is 26.7 Å². The topological polar surface area (TPSA) is 40.6 Å². The fourth-order valence-corrected chi connectivity index (χ4v) is 3.50. The molecule has 1 heterocycles. The van der Waals surface area contributed by atoms with E-state index in [2.05, 4.69) is 0 Å². The molecular formula is C21H23FN2O2. The number of likely N-dealkylation sites (tertiary alicyclic amines) is 1. The maximum absolute atomic E-state index is 14.0. The number of rotatable bonds is 4. The van der Waals surface area contributed by atoms with E-state index in [0.717, 1.165) is 5.56 Å². The molecule has 2 aromatic carbocycles. The minimum Gasteiger partial charge on any atom is -0.346 e. The van der Waals surface area contributed by atoms with Gasteiger partial charge in [-0.25, -0.2) is 4.39 Å². The molecule has 0 unspecified atom stereocenters. The first-order chi connectivity index (χ1) is 12.5. The first-order valence-electron chi connectivity index (χ1n) is 8.86. The van der Waals surface area contributed by atoms with Crippen molar-refractivity contribution in [3.05, 3.63) is 71.5 Å². The Labute approximate surface area is 153 Å². The molecule has 0 bridgehead atoms. The Morgan fingerprint density at radius 2 is 1.73 bits per heavy atom. The molecule has 3 rings (SSSR count). The second-order valence-corrected chi connectivity index (χ2v) is 6.67. The van der Waals surface area contributed by atoms with Gasteiger partial charge in [-0.3, -0.25) is 9.59 Å². The molecule has 1 aliphatic heterocycles. The number of carbonyl (C=O) groups is 2. The largest absolute Gasteiger partial charge is 0.346 e. The summed E-state index contributed by atoms with van der Waals surface area (Å²) in [5.41, 5.74) is 1.08. The predicted octanol–water partition coefficient (Wildman–Crippen LogP) is 3.16. The standard InChI is InChI=1S/C21H23FN2O2/c1-3-23(2)20(25)18-14-24(13-17(18)15-9-5-4-6-10-15)21(26)16-11-7-8-12-19(16)22/h4-12,17-18H,3,13-14H2,1-2H3/t17-,18+/m0/s1. The van der Waals surface area contributed by atoms with E-state index in [-0.39, 0.29) is 29.2 Å². The molecule has 1 fully saturated rings. The van der Waals surface area contributed by atoms with Gasteiger partial charge >= 0.3 is 0 Å². The number of halogens is 1. The SMILES string of the molecule is CCN(C)C(=O)[C@@H]1CN(C(=O)c2ccccc2F)C[C@H]1c1ccccc1. The van der Waals surface area contributed by atoms with Gasteiger partial charge in [0.2, 0.25) is 5.91 Å². The predicted molar refractivity (Wildman–Crippen MR) is 98.3 cm³/mol. The van der Waals surface area contributed by atoms with Crippen LogP contribution in [0.25, 0.3) is 0 Å². The molecule has 1 saturated heterocycles. The quantitative estimate of drug-likeness (QED) is 0.846. The number of hydrogen-bond donors (Lipinski definition) is 0. The Morgan fingerprint density at radius 1 is 1.08 bits per heavy atom. The van der Waals surface area contributed by atoms with Crippen LogP contribution in [0, 0.1) is 11.7 Å². The van der Waals surface area contributed by atoms with E-state index in [0.29, 0.717) is 19.6 Å². The molecule has 2 atom stereocenters. The fourth-order valence-electron chi connectivity index (χ4n) is 3.50. The lowest BCUT2D eigenvalue weighted by Crippen LogP contribution is -2.37.